The number of methoxy groups -OCH3 is 2. The Balaban J connectivity index is 1.94. The van der Waals surface area contributed by atoms with E-state index in [1.807, 2.05) is 18.2 Å². The molecule has 0 radical (unpaired) electrons. The average Bonchev–Trinajstić information content (AvgIpc) is 2.93. The number of nitrogens with zero attached hydrogens (tertiary/aromatic N) is 1. The molecular formula is C17H23NO4. The van der Waals surface area contributed by atoms with Crippen LogP contribution in [0.15, 0.2) is 18.2 Å². The summed E-state index contributed by atoms with van der Waals surface area (Å²) in [6, 6.07) is 5.82. The van der Waals surface area contributed by atoms with Gasteiger partial charge in [-0.1, -0.05) is 18.9 Å². The molecule has 1 saturated heterocycles. The second-order valence-electron chi connectivity index (χ2n) is 6.17. The smallest absolute Gasteiger partial charge is 0.408 e. The Morgan fingerprint density at radius 1 is 1.18 bits per heavy atom. The second-order valence-corrected chi connectivity index (χ2v) is 6.17. The van der Waals surface area contributed by atoms with E-state index in [1.54, 1.807) is 19.1 Å². The van der Waals surface area contributed by atoms with Crippen molar-refractivity contribution in [3.8, 4) is 11.5 Å². The molecule has 0 bridgehead atoms. The van der Waals surface area contributed by atoms with Crippen LogP contribution >= 0.6 is 0 Å². The van der Waals surface area contributed by atoms with Crippen molar-refractivity contribution in [2.45, 2.75) is 44.2 Å². The molecule has 3 unspecified atom stereocenters. The van der Waals surface area contributed by atoms with Gasteiger partial charge in [-0.3, -0.25) is 4.90 Å². The van der Waals surface area contributed by atoms with E-state index in [0.717, 1.165) is 31.2 Å². The molecule has 1 aliphatic carbocycles. The first-order valence-corrected chi connectivity index (χ1v) is 7.89. The van der Waals surface area contributed by atoms with Gasteiger partial charge in [0.05, 0.1) is 20.3 Å². The number of hydrogen-bond acceptors (Lipinski definition) is 3. The third kappa shape index (κ3) is 2.49. The standard InChI is InChI=1S/C17H23NO4/c1-21-15-8-7-12(10-16(15)22-2)14-9-11-5-3-4-6-13(11)18(14)17(19)20/h7-8,10-11,13-14H,3-6,9H2,1-2H3,(H,19,20). The monoisotopic (exact) mass is 305 g/mol. The minimum atomic E-state index is -0.811. The number of rotatable bonds is 3. The van der Waals surface area contributed by atoms with Gasteiger partial charge >= 0.3 is 6.09 Å². The lowest BCUT2D eigenvalue weighted by molar-refractivity contribution is 0.108. The molecule has 0 aromatic heterocycles. The first kappa shape index (κ1) is 15.0. The van der Waals surface area contributed by atoms with E-state index in [1.165, 1.54) is 6.42 Å². The van der Waals surface area contributed by atoms with Gasteiger partial charge in [0.1, 0.15) is 0 Å². The number of ether oxygens (including phenoxy) is 2. The summed E-state index contributed by atoms with van der Waals surface area (Å²) in [5, 5.41) is 9.68. The highest BCUT2D eigenvalue weighted by molar-refractivity contribution is 5.67. The van der Waals surface area contributed by atoms with E-state index in [9.17, 15) is 9.90 Å². The predicted molar refractivity (Wildman–Crippen MR) is 82.5 cm³/mol. The van der Waals surface area contributed by atoms with E-state index in [0.29, 0.717) is 17.4 Å². The number of amides is 1. The highest BCUT2D eigenvalue weighted by Crippen LogP contribution is 2.47. The Bertz CT molecular complexity index is 560. The lowest BCUT2D eigenvalue weighted by atomic mass is 9.84. The largest absolute Gasteiger partial charge is 0.493 e. The van der Waals surface area contributed by atoms with Crippen LogP contribution in [-0.2, 0) is 0 Å². The number of fused-ring (bicyclic) bond motifs is 1. The molecule has 1 amide bonds. The normalized spacial score (nSPS) is 27.4. The van der Waals surface area contributed by atoms with Crippen molar-refractivity contribution in [1.29, 1.82) is 0 Å². The van der Waals surface area contributed by atoms with E-state index in [2.05, 4.69) is 0 Å². The molecule has 1 aliphatic heterocycles. The molecule has 1 saturated carbocycles. The van der Waals surface area contributed by atoms with Crippen LogP contribution in [-0.4, -0.2) is 36.4 Å². The molecule has 120 valence electrons. The van der Waals surface area contributed by atoms with E-state index in [4.69, 9.17) is 9.47 Å². The molecule has 1 N–H and O–H groups in total. The van der Waals surface area contributed by atoms with Crippen molar-refractivity contribution in [3.05, 3.63) is 23.8 Å². The molecule has 1 aromatic rings. The Morgan fingerprint density at radius 3 is 2.59 bits per heavy atom. The first-order valence-electron chi connectivity index (χ1n) is 7.89. The van der Waals surface area contributed by atoms with Gasteiger partial charge in [-0.15, -0.1) is 0 Å². The third-order valence-electron chi connectivity index (χ3n) is 5.10. The summed E-state index contributed by atoms with van der Waals surface area (Å²) in [6.45, 7) is 0. The van der Waals surface area contributed by atoms with Crippen molar-refractivity contribution >= 4 is 6.09 Å². The predicted octanol–water partition coefficient (Wildman–Crippen LogP) is 3.69. The second kappa shape index (κ2) is 6.07. The zero-order valence-electron chi connectivity index (χ0n) is 13.1. The Hall–Kier alpha value is -1.91. The van der Waals surface area contributed by atoms with Gasteiger partial charge in [0.15, 0.2) is 11.5 Å². The van der Waals surface area contributed by atoms with Gasteiger partial charge in [0, 0.05) is 6.04 Å². The maximum Gasteiger partial charge on any atom is 0.408 e. The fourth-order valence-corrected chi connectivity index (χ4v) is 4.09. The number of likely N-dealkylation sites (tertiary alicyclic amines) is 1. The fraction of sp³-hybridized carbons (Fsp3) is 0.588. The Kier molecular flexibility index (Phi) is 4.14. The molecule has 2 fully saturated rings. The molecule has 1 aromatic carbocycles. The molecule has 5 heteroatoms. The zero-order chi connectivity index (χ0) is 15.7. The van der Waals surface area contributed by atoms with Crippen LogP contribution in [0.3, 0.4) is 0 Å². The summed E-state index contributed by atoms with van der Waals surface area (Å²) in [4.78, 5) is 13.5. The minimum absolute atomic E-state index is 0.0783. The van der Waals surface area contributed by atoms with Crippen LogP contribution in [0, 0.1) is 5.92 Å². The van der Waals surface area contributed by atoms with Crippen LogP contribution in [0.2, 0.25) is 0 Å². The van der Waals surface area contributed by atoms with Crippen LogP contribution in [0.1, 0.15) is 43.7 Å². The number of carboxylic acid groups (broad SMARTS) is 1. The summed E-state index contributed by atoms with van der Waals surface area (Å²) < 4.78 is 10.6. The minimum Gasteiger partial charge on any atom is -0.493 e. The van der Waals surface area contributed by atoms with E-state index >= 15 is 0 Å². The maximum atomic E-state index is 11.8. The molecule has 2 aliphatic rings. The third-order valence-corrected chi connectivity index (χ3v) is 5.10. The number of benzene rings is 1. The lowest BCUT2D eigenvalue weighted by Crippen LogP contribution is -2.39. The number of hydrogen-bond donors (Lipinski definition) is 1. The summed E-state index contributed by atoms with van der Waals surface area (Å²) in [7, 11) is 3.20. The molecule has 5 nitrogen and oxygen atoms in total. The maximum absolute atomic E-state index is 11.8. The highest BCUT2D eigenvalue weighted by Gasteiger charge is 2.45. The Labute approximate surface area is 130 Å². The quantitative estimate of drug-likeness (QED) is 0.925. The molecule has 22 heavy (non-hydrogen) atoms. The van der Waals surface area contributed by atoms with Gasteiger partial charge in [-0.2, -0.15) is 0 Å². The van der Waals surface area contributed by atoms with E-state index < -0.39 is 6.09 Å². The summed E-state index contributed by atoms with van der Waals surface area (Å²) >= 11 is 0. The molecular weight excluding hydrogens is 282 g/mol. The van der Waals surface area contributed by atoms with Gasteiger partial charge in [-0.25, -0.2) is 4.79 Å². The van der Waals surface area contributed by atoms with Crippen molar-refractivity contribution in [1.82, 2.24) is 4.90 Å². The van der Waals surface area contributed by atoms with Crippen molar-refractivity contribution in [2.24, 2.45) is 5.92 Å². The first-order chi connectivity index (χ1) is 10.7. The molecule has 0 spiro atoms. The Morgan fingerprint density at radius 2 is 1.91 bits per heavy atom. The molecule has 3 rings (SSSR count). The zero-order valence-corrected chi connectivity index (χ0v) is 13.1. The summed E-state index contributed by atoms with van der Waals surface area (Å²) in [6.07, 6.45) is 4.57. The topological polar surface area (TPSA) is 59.0 Å². The SMILES string of the molecule is COc1ccc(C2CC3CCCCC3N2C(=O)O)cc1OC. The van der Waals surface area contributed by atoms with Gasteiger partial charge in [0.25, 0.3) is 0 Å². The average molecular weight is 305 g/mol. The van der Waals surface area contributed by atoms with Crippen LogP contribution < -0.4 is 9.47 Å². The van der Waals surface area contributed by atoms with Crippen molar-refractivity contribution in [2.75, 3.05) is 14.2 Å². The summed E-state index contributed by atoms with van der Waals surface area (Å²) in [5.41, 5.74) is 0.995. The van der Waals surface area contributed by atoms with Crippen molar-refractivity contribution in [3.63, 3.8) is 0 Å². The lowest BCUT2D eigenvalue weighted by Gasteiger charge is -2.32. The van der Waals surface area contributed by atoms with E-state index in [-0.39, 0.29) is 12.1 Å². The fourth-order valence-electron chi connectivity index (χ4n) is 4.09. The summed E-state index contributed by atoms with van der Waals surface area (Å²) in [5.74, 6) is 1.81. The molecule has 3 atom stereocenters. The van der Waals surface area contributed by atoms with Gasteiger partial charge < -0.3 is 14.6 Å². The number of carbonyl (C=O) groups is 1. The van der Waals surface area contributed by atoms with Crippen LogP contribution in [0.4, 0.5) is 4.79 Å². The van der Waals surface area contributed by atoms with Crippen LogP contribution in [0.5, 0.6) is 11.5 Å². The van der Waals surface area contributed by atoms with Crippen molar-refractivity contribution < 1.29 is 19.4 Å². The van der Waals surface area contributed by atoms with Crippen LogP contribution in [0.25, 0.3) is 0 Å². The molecule has 1 heterocycles. The highest BCUT2D eigenvalue weighted by atomic mass is 16.5. The van der Waals surface area contributed by atoms with Gasteiger partial charge in [0.2, 0.25) is 0 Å². The van der Waals surface area contributed by atoms with Gasteiger partial charge in [-0.05, 0) is 42.9 Å².